The molecule has 94 valence electrons. The van der Waals surface area contributed by atoms with E-state index in [9.17, 15) is 0 Å². The molecule has 1 aliphatic heterocycles. The standard InChI is InChI=1S/C15H22O2/c1-5-6-7-13-10-16-15(17-13)9-12(2)8-14(3,4)11-15/h5-7,9H,8,10-11H2,1-4H3. The van der Waals surface area contributed by atoms with Crippen molar-refractivity contribution in [3.05, 3.63) is 35.6 Å². The predicted octanol–water partition coefficient (Wildman–Crippen LogP) is 3.96. The molecule has 2 aliphatic rings. The predicted molar refractivity (Wildman–Crippen MR) is 69.4 cm³/mol. The van der Waals surface area contributed by atoms with Crippen LogP contribution in [-0.2, 0) is 9.47 Å². The summed E-state index contributed by atoms with van der Waals surface area (Å²) in [5, 5.41) is 0. The summed E-state index contributed by atoms with van der Waals surface area (Å²) in [5.41, 5.74) is 1.60. The molecule has 0 saturated carbocycles. The zero-order chi connectivity index (χ0) is 12.5. The van der Waals surface area contributed by atoms with Crippen molar-refractivity contribution in [2.75, 3.05) is 6.61 Å². The van der Waals surface area contributed by atoms with Crippen LogP contribution >= 0.6 is 0 Å². The monoisotopic (exact) mass is 234 g/mol. The van der Waals surface area contributed by atoms with Gasteiger partial charge >= 0.3 is 0 Å². The summed E-state index contributed by atoms with van der Waals surface area (Å²) in [6, 6.07) is 0. The van der Waals surface area contributed by atoms with Crippen molar-refractivity contribution in [1.29, 1.82) is 0 Å². The summed E-state index contributed by atoms with van der Waals surface area (Å²) in [5.74, 6) is 0.407. The smallest absolute Gasteiger partial charge is 0.231 e. The molecule has 2 rings (SSSR count). The van der Waals surface area contributed by atoms with Crippen LogP contribution in [0.15, 0.2) is 35.6 Å². The Morgan fingerprint density at radius 3 is 2.76 bits per heavy atom. The van der Waals surface area contributed by atoms with Crippen molar-refractivity contribution in [1.82, 2.24) is 0 Å². The molecule has 1 fully saturated rings. The molecule has 2 nitrogen and oxygen atoms in total. The largest absolute Gasteiger partial charge is 0.461 e. The fourth-order valence-corrected chi connectivity index (χ4v) is 2.88. The Morgan fingerprint density at radius 1 is 1.35 bits per heavy atom. The summed E-state index contributed by atoms with van der Waals surface area (Å²) < 4.78 is 11.9. The molecule has 0 aromatic carbocycles. The summed E-state index contributed by atoms with van der Waals surface area (Å²) in [6.45, 7) is 9.26. The SMILES string of the molecule is CC=CC=C1COC2(C=C(C)CC(C)(C)C2)O1. The molecule has 0 amide bonds. The van der Waals surface area contributed by atoms with Gasteiger partial charge in [-0.2, -0.15) is 0 Å². The van der Waals surface area contributed by atoms with Crippen molar-refractivity contribution in [2.24, 2.45) is 5.41 Å². The molecule has 0 aromatic rings. The van der Waals surface area contributed by atoms with Gasteiger partial charge in [0.1, 0.15) is 12.4 Å². The first kappa shape index (κ1) is 12.4. The topological polar surface area (TPSA) is 18.5 Å². The van der Waals surface area contributed by atoms with Crippen LogP contribution < -0.4 is 0 Å². The third-order valence-corrected chi connectivity index (χ3v) is 3.19. The molecule has 0 radical (unpaired) electrons. The van der Waals surface area contributed by atoms with Crippen LogP contribution in [0.3, 0.4) is 0 Å². The number of hydrogen-bond acceptors (Lipinski definition) is 2. The number of ether oxygens (including phenoxy) is 2. The molecular weight excluding hydrogens is 212 g/mol. The van der Waals surface area contributed by atoms with E-state index in [-0.39, 0.29) is 5.41 Å². The quantitative estimate of drug-likeness (QED) is 0.639. The zero-order valence-electron chi connectivity index (χ0n) is 11.2. The van der Waals surface area contributed by atoms with Gasteiger partial charge in [0, 0.05) is 6.42 Å². The van der Waals surface area contributed by atoms with E-state index in [1.807, 2.05) is 25.2 Å². The van der Waals surface area contributed by atoms with Crippen LogP contribution in [0, 0.1) is 5.41 Å². The second kappa shape index (κ2) is 4.34. The van der Waals surface area contributed by atoms with E-state index in [2.05, 4.69) is 26.8 Å². The normalized spacial score (nSPS) is 34.4. The molecular formula is C15H22O2. The molecule has 0 bridgehead atoms. The van der Waals surface area contributed by atoms with Gasteiger partial charge in [-0.3, -0.25) is 0 Å². The van der Waals surface area contributed by atoms with Crippen LogP contribution in [0.2, 0.25) is 0 Å². The minimum atomic E-state index is -0.515. The maximum Gasteiger partial charge on any atom is 0.231 e. The first-order valence-corrected chi connectivity index (χ1v) is 6.28. The highest BCUT2D eigenvalue weighted by Crippen LogP contribution is 2.45. The van der Waals surface area contributed by atoms with Gasteiger partial charge in [-0.15, -0.1) is 0 Å². The second-order valence-corrected chi connectivity index (χ2v) is 5.87. The van der Waals surface area contributed by atoms with Gasteiger partial charge in [0.25, 0.3) is 0 Å². The fraction of sp³-hybridized carbons (Fsp3) is 0.600. The molecule has 1 atom stereocenters. The molecule has 1 saturated heterocycles. The van der Waals surface area contributed by atoms with Gasteiger partial charge in [-0.25, -0.2) is 0 Å². The summed E-state index contributed by atoms with van der Waals surface area (Å²) in [7, 11) is 0. The van der Waals surface area contributed by atoms with E-state index < -0.39 is 5.79 Å². The van der Waals surface area contributed by atoms with Crippen LogP contribution in [0.1, 0.15) is 40.5 Å². The first-order chi connectivity index (χ1) is 7.95. The molecule has 17 heavy (non-hydrogen) atoms. The van der Waals surface area contributed by atoms with E-state index in [4.69, 9.17) is 9.47 Å². The van der Waals surface area contributed by atoms with Gasteiger partial charge in [-0.1, -0.05) is 31.6 Å². The van der Waals surface area contributed by atoms with Crippen molar-refractivity contribution < 1.29 is 9.47 Å². The van der Waals surface area contributed by atoms with Crippen LogP contribution in [-0.4, -0.2) is 12.4 Å². The Hall–Kier alpha value is -1.02. The second-order valence-electron chi connectivity index (χ2n) is 5.87. The average Bonchev–Trinajstić information content (AvgIpc) is 2.54. The third kappa shape index (κ3) is 2.81. The summed E-state index contributed by atoms with van der Waals surface area (Å²) in [6.07, 6.45) is 10.2. The molecule has 1 aliphatic carbocycles. The van der Waals surface area contributed by atoms with E-state index in [1.54, 1.807) is 0 Å². The molecule has 1 heterocycles. The van der Waals surface area contributed by atoms with Crippen molar-refractivity contribution >= 4 is 0 Å². The lowest BCUT2D eigenvalue weighted by Gasteiger charge is -2.38. The number of allylic oxidation sites excluding steroid dienone is 4. The Morgan fingerprint density at radius 2 is 2.12 bits per heavy atom. The molecule has 1 spiro atoms. The average molecular weight is 234 g/mol. The summed E-state index contributed by atoms with van der Waals surface area (Å²) in [4.78, 5) is 0. The lowest BCUT2D eigenvalue weighted by Crippen LogP contribution is -2.37. The van der Waals surface area contributed by atoms with Crippen LogP contribution in [0.4, 0.5) is 0 Å². The first-order valence-electron chi connectivity index (χ1n) is 6.28. The minimum absolute atomic E-state index is 0.245. The third-order valence-electron chi connectivity index (χ3n) is 3.19. The van der Waals surface area contributed by atoms with E-state index in [1.165, 1.54) is 5.57 Å². The van der Waals surface area contributed by atoms with E-state index in [0.29, 0.717) is 6.61 Å². The Labute approximate surface area is 104 Å². The molecule has 0 aromatic heterocycles. The van der Waals surface area contributed by atoms with Crippen molar-refractivity contribution in [3.8, 4) is 0 Å². The fourth-order valence-electron chi connectivity index (χ4n) is 2.88. The van der Waals surface area contributed by atoms with E-state index in [0.717, 1.165) is 18.6 Å². The maximum absolute atomic E-state index is 6.01. The Bertz CT molecular complexity index is 388. The van der Waals surface area contributed by atoms with E-state index >= 15 is 0 Å². The highest BCUT2D eigenvalue weighted by atomic mass is 16.7. The highest BCUT2D eigenvalue weighted by molar-refractivity contribution is 5.20. The molecule has 0 N–H and O–H groups in total. The van der Waals surface area contributed by atoms with Gasteiger partial charge in [0.15, 0.2) is 0 Å². The lowest BCUT2D eigenvalue weighted by atomic mass is 9.75. The molecule has 1 unspecified atom stereocenters. The van der Waals surface area contributed by atoms with Gasteiger partial charge < -0.3 is 9.47 Å². The molecule has 2 heteroatoms. The number of rotatable bonds is 1. The lowest BCUT2D eigenvalue weighted by molar-refractivity contribution is -0.136. The maximum atomic E-state index is 6.01. The summed E-state index contributed by atoms with van der Waals surface area (Å²) >= 11 is 0. The Kier molecular flexibility index (Phi) is 3.17. The van der Waals surface area contributed by atoms with Gasteiger partial charge in [0.05, 0.1) is 0 Å². The zero-order valence-corrected chi connectivity index (χ0v) is 11.2. The minimum Gasteiger partial charge on any atom is -0.461 e. The van der Waals surface area contributed by atoms with Crippen LogP contribution in [0.25, 0.3) is 0 Å². The Balaban J connectivity index is 2.19. The van der Waals surface area contributed by atoms with Crippen molar-refractivity contribution in [3.63, 3.8) is 0 Å². The van der Waals surface area contributed by atoms with Crippen molar-refractivity contribution in [2.45, 2.75) is 46.3 Å². The van der Waals surface area contributed by atoms with Gasteiger partial charge in [0.2, 0.25) is 5.79 Å². The number of hydrogen-bond donors (Lipinski definition) is 0. The highest BCUT2D eigenvalue weighted by Gasteiger charge is 2.45. The van der Waals surface area contributed by atoms with Gasteiger partial charge in [-0.05, 0) is 37.8 Å². The van der Waals surface area contributed by atoms with Crippen LogP contribution in [0.5, 0.6) is 0 Å².